The van der Waals surface area contributed by atoms with E-state index in [2.05, 4.69) is 54.5 Å². The van der Waals surface area contributed by atoms with Gasteiger partial charge in [0.05, 0.1) is 0 Å². The van der Waals surface area contributed by atoms with E-state index < -0.39 is 0 Å². The maximum Gasteiger partial charge on any atom is -0.0352 e. The molecule has 0 aliphatic rings. The molecule has 0 saturated heterocycles. The van der Waals surface area contributed by atoms with Crippen LogP contribution >= 0.6 is 0 Å². The highest BCUT2D eigenvalue weighted by Gasteiger charge is 1.95. The molecule has 0 spiro atoms. The van der Waals surface area contributed by atoms with E-state index in [1.54, 1.807) is 0 Å². The summed E-state index contributed by atoms with van der Waals surface area (Å²) in [5.74, 6) is 0. The molecule has 0 atom stereocenters. The first kappa shape index (κ1) is 24.1. The van der Waals surface area contributed by atoms with Gasteiger partial charge in [-0.25, -0.2) is 0 Å². The molecule has 0 saturated carbocycles. The summed E-state index contributed by atoms with van der Waals surface area (Å²) in [6.07, 6.45) is 3.33. The summed E-state index contributed by atoms with van der Waals surface area (Å²) in [4.78, 5) is 0. The maximum absolute atomic E-state index is 2.19. The zero-order valence-electron chi connectivity index (χ0n) is 13.3. The third-order valence-electron chi connectivity index (χ3n) is 1.05. The van der Waals surface area contributed by atoms with Crippen LogP contribution in [-0.4, -0.2) is 0 Å². The van der Waals surface area contributed by atoms with Crippen molar-refractivity contribution < 1.29 is 0 Å². The minimum absolute atomic E-state index is 0.500. The van der Waals surface area contributed by atoms with Gasteiger partial charge in [0.1, 0.15) is 0 Å². The summed E-state index contributed by atoms with van der Waals surface area (Å²) in [5.41, 5.74) is 1.97. The fourth-order valence-electron chi connectivity index (χ4n) is 0.204. The van der Waals surface area contributed by atoms with Crippen LogP contribution in [0.2, 0.25) is 0 Å². The van der Waals surface area contributed by atoms with Crippen LogP contribution in [-0.2, 0) is 0 Å². The summed E-state index contributed by atoms with van der Waals surface area (Å²) in [6, 6.07) is 0. The molecule has 0 unspecified atom stereocenters. The maximum atomic E-state index is 2.19. The lowest BCUT2D eigenvalue weighted by Crippen LogP contribution is -1.93. The summed E-state index contributed by atoms with van der Waals surface area (Å²) < 4.78 is 0. The molecule has 0 aliphatic carbocycles. The first-order chi connectivity index (χ1) is 6.81. The molecule has 0 bridgehead atoms. The van der Waals surface area contributed by atoms with E-state index >= 15 is 0 Å². The van der Waals surface area contributed by atoms with Gasteiger partial charge in [-0.2, -0.15) is 0 Å². The van der Waals surface area contributed by atoms with E-state index in [0.717, 1.165) is 0 Å². The first-order valence-corrected chi connectivity index (χ1v) is 6.43. The van der Waals surface area contributed by atoms with Crippen LogP contribution in [0.15, 0.2) is 11.6 Å². The Morgan fingerprint density at radius 3 is 1.13 bits per heavy atom. The SMILES string of the molecule is C/C=C(\C)CC.CC.CC.CC(C)(C)C. The smallest absolute Gasteiger partial charge is 0.0352 e. The third kappa shape index (κ3) is 135. The van der Waals surface area contributed by atoms with Crippen molar-refractivity contribution >= 4 is 0 Å². The zero-order chi connectivity index (χ0) is 13.5. The molecule has 15 heavy (non-hydrogen) atoms. The Morgan fingerprint density at radius 1 is 0.933 bits per heavy atom. The summed E-state index contributed by atoms with van der Waals surface area (Å²) in [6.45, 7) is 23.1. The van der Waals surface area contributed by atoms with E-state index in [9.17, 15) is 0 Å². The molecule has 0 aromatic heterocycles. The number of rotatable bonds is 1. The topological polar surface area (TPSA) is 0 Å². The van der Waals surface area contributed by atoms with Crippen LogP contribution < -0.4 is 0 Å². The predicted molar refractivity (Wildman–Crippen MR) is 77.5 cm³/mol. The van der Waals surface area contributed by atoms with Crippen LogP contribution in [0.3, 0.4) is 0 Å². The van der Waals surface area contributed by atoms with Gasteiger partial charge in [-0.3, -0.25) is 0 Å². The number of allylic oxidation sites excluding steroid dienone is 2. The van der Waals surface area contributed by atoms with Crippen molar-refractivity contribution in [2.45, 2.75) is 82.6 Å². The second-order valence-corrected chi connectivity index (χ2v) is 4.49. The minimum atomic E-state index is 0.500. The van der Waals surface area contributed by atoms with Crippen LogP contribution in [0.1, 0.15) is 82.6 Å². The van der Waals surface area contributed by atoms with Gasteiger partial charge in [0.15, 0.2) is 0 Å². The van der Waals surface area contributed by atoms with Crippen molar-refractivity contribution in [2.75, 3.05) is 0 Å². The van der Waals surface area contributed by atoms with E-state index in [1.165, 1.54) is 12.0 Å². The van der Waals surface area contributed by atoms with E-state index in [0.29, 0.717) is 5.41 Å². The Labute approximate surface area is 100 Å². The highest BCUT2D eigenvalue weighted by atomic mass is 14.0. The molecule has 0 aromatic carbocycles. The summed E-state index contributed by atoms with van der Waals surface area (Å²) >= 11 is 0. The average Bonchev–Trinajstić information content (AvgIpc) is 2.20. The van der Waals surface area contributed by atoms with E-state index in [4.69, 9.17) is 0 Å². The number of hydrogen-bond donors (Lipinski definition) is 0. The normalized spacial score (nSPS) is 9.67. The van der Waals surface area contributed by atoms with Gasteiger partial charge in [0, 0.05) is 0 Å². The molecule has 0 heteroatoms. The Balaban J connectivity index is -0.0000000610. The fourth-order valence-corrected chi connectivity index (χ4v) is 0.204. The predicted octanol–water partition coefficient (Wildman–Crippen LogP) is 6.47. The van der Waals surface area contributed by atoms with Gasteiger partial charge >= 0.3 is 0 Å². The lowest BCUT2D eigenvalue weighted by Gasteiger charge is -2.05. The third-order valence-corrected chi connectivity index (χ3v) is 1.05. The van der Waals surface area contributed by atoms with Crippen molar-refractivity contribution in [3.63, 3.8) is 0 Å². The quantitative estimate of drug-likeness (QED) is 0.441. The van der Waals surface area contributed by atoms with Gasteiger partial charge in [-0.05, 0) is 25.7 Å². The number of hydrogen-bond acceptors (Lipinski definition) is 0. The van der Waals surface area contributed by atoms with Crippen molar-refractivity contribution in [3.05, 3.63) is 11.6 Å². The van der Waals surface area contributed by atoms with Gasteiger partial charge in [0.25, 0.3) is 0 Å². The molecule has 0 aliphatic heterocycles. The minimum Gasteiger partial charge on any atom is -0.0887 e. The second kappa shape index (κ2) is 19.3. The largest absolute Gasteiger partial charge is 0.0887 e. The molecule has 0 rings (SSSR count). The van der Waals surface area contributed by atoms with Gasteiger partial charge in [-0.15, -0.1) is 0 Å². The lowest BCUT2D eigenvalue weighted by molar-refractivity contribution is 0.469. The standard InChI is InChI=1S/C6H12.C5H12.2C2H6/c1-4-6(3)5-2;1-5(2,3)4;2*1-2/h4H,5H2,1-3H3;1-4H3;2*1-2H3/b6-4+;;;. The molecule has 0 heterocycles. The molecule has 0 N–H and O–H groups in total. The van der Waals surface area contributed by atoms with Gasteiger partial charge in [0.2, 0.25) is 0 Å². The molecule has 0 amide bonds. The highest BCUT2D eigenvalue weighted by molar-refractivity contribution is 4.93. The monoisotopic (exact) mass is 216 g/mol. The molecule has 0 aromatic rings. The molecule has 0 fully saturated rings. The second-order valence-electron chi connectivity index (χ2n) is 4.49. The van der Waals surface area contributed by atoms with E-state index in [-0.39, 0.29) is 0 Å². The molecule has 96 valence electrons. The van der Waals surface area contributed by atoms with Crippen LogP contribution in [0.25, 0.3) is 0 Å². The first-order valence-electron chi connectivity index (χ1n) is 6.43. The Bertz CT molecular complexity index is 95.7. The summed E-state index contributed by atoms with van der Waals surface area (Å²) in [7, 11) is 0. The Morgan fingerprint density at radius 2 is 1.13 bits per heavy atom. The summed E-state index contributed by atoms with van der Waals surface area (Å²) in [5, 5.41) is 0. The van der Waals surface area contributed by atoms with Gasteiger partial charge in [-0.1, -0.05) is 74.0 Å². The van der Waals surface area contributed by atoms with Gasteiger partial charge < -0.3 is 0 Å². The highest BCUT2D eigenvalue weighted by Crippen LogP contribution is 2.08. The lowest BCUT2D eigenvalue weighted by atomic mass is 10.0. The van der Waals surface area contributed by atoms with Crippen LogP contribution in [0.5, 0.6) is 0 Å². The molecular weight excluding hydrogens is 180 g/mol. The van der Waals surface area contributed by atoms with Crippen molar-refractivity contribution in [3.8, 4) is 0 Å². The van der Waals surface area contributed by atoms with Crippen LogP contribution in [0, 0.1) is 5.41 Å². The van der Waals surface area contributed by atoms with Crippen molar-refractivity contribution in [1.82, 2.24) is 0 Å². The molecule has 0 radical (unpaired) electrons. The fraction of sp³-hybridized carbons (Fsp3) is 0.867. The molecule has 0 nitrogen and oxygen atoms in total. The average molecular weight is 216 g/mol. The molecular formula is C15H36. The Hall–Kier alpha value is -0.260. The zero-order valence-corrected chi connectivity index (χ0v) is 13.3. The van der Waals surface area contributed by atoms with E-state index in [1.807, 2.05) is 27.7 Å². The Kier molecular flexibility index (Phi) is 31.1. The van der Waals surface area contributed by atoms with Crippen molar-refractivity contribution in [1.29, 1.82) is 0 Å². The van der Waals surface area contributed by atoms with Crippen LogP contribution in [0.4, 0.5) is 0 Å². The van der Waals surface area contributed by atoms with Crippen molar-refractivity contribution in [2.24, 2.45) is 5.41 Å².